The number of halogens is 1. The molecule has 2 nitrogen and oxygen atoms in total. The monoisotopic (exact) mass is 228 g/mol. The predicted octanol–water partition coefficient (Wildman–Crippen LogP) is 3.39. The van der Waals surface area contributed by atoms with Crippen molar-refractivity contribution in [1.82, 2.24) is 4.98 Å². The third-order valence-corrected chi connectivity index (χ3v) is 2.57. The molecule has 0 saturated heterocycles. The SMILES string of the molecule is N#CC(c1ccc(Cl)cc1)c1ccccn1. The van der Waals surface area contributed by atoms with Gasteiger partial charge in [0.2, 0.25) is 0 Å². The van der Waals surface area contributed by atoms with Crippen LogP contribution < -0.4 is 0 Å². The molecule has 0 spiro atoms. The summed E-state index contributed by atoms with van der Waals surface area (Å²) in [6.45, 7) is 0. The average Bonchev–Trinajstić information content (AvgIpc) is 2.34. The fraction of sp³-hybridized carbons (Fsp3) is 0.0769. The van der Waals surface area contributed by atoms with Gasteiger partial charge in [-0.1, -0.05) is 29.8 Å². The Morgan fingerprint density at radius 3 is 2.44 bits per heavy atom. The minimum absolute atomic E-state index is 0.335. The number of rotatable bonds is 2. The second-order valence-corrected chi connectivity index (χ2v) is 3.80. The molecule has 0 radical (unpaired) electrons. The van der Waals surface area contributed by atoms with Gasteiger partial charge in [-0.15, -0.1) is 0 Å². The van der Waals surface area contributed by atoms with Crippen LogP contribution in [-0.4, -0.2) is 4.98 Å². The van der Waals surface area contributed by atoms with Crippen molar-refractivity contribution in [1.29, 1.82) is 5.26 Å². The van der Waals surface area contributed by atoms with Crippen molar-refractivity contribution in [2.24, 2.45) is 0 Å². The number of nitriles is 1. The summed E-state index contributed by atoms with van der Waals surface area (Å²) in [6.07, 6.45) is 1.69. The minimum Gasteiger partial charge on any atom is -0.260 e. The second-order valence-electron chi connectivity index (χ2n) is 3.37. The Morgan fingerprint density at radius 1 is 1.12 bits per heavy atom. The number of hydrogen-bond acceptors (Lipinski definition) is 2. The van der Waals surface area contributed by atoms with Crippen LogP contribution in [0.1, 0.15) is 17.2 Å². The molecule has 0 amide bonds. The van der Waals surface area contributed by atoms with Crippen LogP contribution in [0.15, 0.2) is 48.7 Å². The summed E-state index contributed by atoms with van der Waals surface area (Å²) in [5.41, 5.74) is 1.66. The van der Waals surface area contributed by atoms with Crippen LogP contribution in [0.5, 0.6) is 0 Å². The van der Waals surface area contributed by atoms with E-state index in [0.29, 0.717) is 5.02 Å². The highest BCUT2D eigenvalue weighted by Crippen LogP contribution is 2.23. The molecule has 3 heteroatoms. The van der Waals surface area contributed by atoms with Crippen LogP contribution in [0.3, 0.4) is 0 Å². The van der Waals surface area contributed by atoms with Gasteiger partial charge in [-0.2, -0.15) is 5.26 Å². The van der Waals surface area contributed by atoms with Gasteiger partial charge in [-0.25, -0.2) is 0 Å². The highest BCUT2D eigenvalue weighted by molar-refractivity contribution is 6.30. The van der Waals surface area contributed by atoms with Gasteiger partial charge in [-0.05, 0) is 29.8 Å². The molecular weight excluding hydrogens is 220 g/mol. The fourth-order valence-corrected chi connectivity index (χ4v) is 1.64. The molecule has 16 heavy (non-hydrogen) atoms. The van der Waals surface area contributed by atoms with Gasteiger partial charge in [0.15, 0.2) is 0 Å². The quantitative estimate of drug-likeness (QED) is 0.790. The van der Waals surface area contributed by atoms with E-state index in [4.69, 9.17) is 11.6 Å². The number of nitrogens with zero attached hydrogens (tertiary/aromatic N) is 2. The van der Waals surface area contributed by atoms with Crippen LogP contribution in [-0.2, 0) is 0 Å². The van der Waals surface area contributed by atoms with Crippen molar-refractivity contribution in [3.05, 3.63) is 64.9 Å². The lowest BCUT2D eigenvalue weighted by Crippen LogP contribution is -2.00. The van der Waals surface area contributed by atoms with E-state index in [9.17, 15) is 5.26 Å². The Bertz CT molecular complexity index is 500. The van der Waals surface area contributed by atoms with Crippen molar-refractivity contribution >= 4 is 11.6 Å². The maximum Gasteiger partial charge on any atom is 0.113 e. The van der Waals surface area contributed by atoms with E-state index in [0.717, 1.165) is 11.3 Å². The smallest absolute Gasteiger partial charge is 0.113 e. The molecule has 2 aromatic rings. The molecule has 0 fully saturated rings. The van der Waals surface area contributed by atoms with E-state index >= 15 is 0 Å². The van der Waals surface area contributed by atoms with E-state index in [-0.39, 0.29) is 5.92 Å². The van der Waals surface area contributed by atoms with E-state index in [2.05, 4.69) is 11.1 Å². The standard InChI is InChI=1S/C13H9ClN2/c14-11-6-4-10(5-7-11)12(9-15)13-3-1-2-8-16-13/h1-8,12H. The van der Waals surface area contributed by atoms with Crippen LogP contribution >= 0.6 is 11.6 Å². The second kappa shape index (κ2) is 4.78. The number of pyridine rings is 1. The third-order valence-electron chi connectivity index (χ3n) is 2.32. The van der Waals surface area contributed by atoms with Crippen molar-refractivity contribution in [2.45, 2.75) is 5.92 Å². The minimum atomic E-state index is -0.335. The predicted molar refractivity (Wildman–Crippen MR) is 63.1 cm³/mol. The molecule has 0 bridgehead atoms. The van der Waals surface area contributed by atoms with Crippen molar-refractivity contribution < 1.29 is 0 Å². The van der Waals surface area contributed by atoms with Gasteiger partial charge >= 0.3 is 0 Å². The largest absolute Gasteiger partial charge is 0.260 e. The molecule has 2 rings (SSSR count). The molecule has 1 atom stereocenters. The number of hydrogen-bond donors (Lipinski definition) is 0. The Balaban J connectivity index is 2.38. The molecule has 0 aliphatic heterocycles. The van der Waals surface area contributed by atoms with E-state index in [1.807, 2.05) is 30.3 Å². The summed E-state index contributed by atoms with van der Waals surface area (Å²) in [4.78, 5) is 4.19. The molecule has 1 aromatic heterocycles. The maximum absolute atomic E-state index is 9.18. The number of aromatic nitrogens is 1. The number of benzene rings is 1. The Kier molecular flexibility index (Phi) is 3.19. The molecule has 1 unspecified atom stereocenters. The lowest BCUT2D eigenvalue weighted by atomic mass is 9.97. The van der Waals surface area contributed by atoms with Gasteiger partial charge in [0.05, 0.1) is 11.8 Å². The maximum atomic E-state index is 9.18. The van der Waals surface area contributed by atoms with Crippen LogP contribution in [0, 0.1) is 11.3 Å². The van der Waals surface area contributed by atoms with Crippen molar-refractivity contribution in [3.8, 4) is 6.07 Å². The first-order valence-electron chi connectivity index (χ1n) is 4.87. The summed E-state index contributed by atoms with van der Waals surface area (Å²) in [7, 11) is 0. The highest BCUT2D eigenvalue weighted by atomic mass is 35.5. The molecule has 1 heterocycles. The zero-order valence-electron chi connectivity index (χ0n) is 8.47. The van der Waals surface area contributed by atoms with Crippen molar-refractivity contribution in [3.63, 3.8) is 0 Å². The highest BCUT2D eigenvalue weighted by Gasteiger charge is 2.13. The Labute approximate surface area is 99.1 Å². The van der Waals surface area contributed by atoms with Gasteiger partial charge in [0.1, 0.15) is 5.92 Å². The zero-order chi connectivity index (χ0) is 11.4. The molecule has 0 saturated carbocycles. The lowest BCUT2D eigenvalue weighted by molar-refractivity contribution is 0.966. The van der Waals surface area contributed by atoms with Crippen LogP contribution in [0.25, 0.3) is 0 Å². The molecule has 78 valence electrons. The van der Waals surface area contributed by atoms with E-state index in [1.165, 1.54) is 0 Å². The van der Waals surface area contributed by atoms with Crippen molar-refractivity contribution in [2.75, 3.05) is 0 Å². The first-order valence-corrected chi connectivity index (χ1v) is 5.25. The molecule has 1 aromatic carbocycles. The normalized spacial score (nSPS) is 11.8. The summed E-state index contributed by atoms with van der Waals surface area (Å²) in [5, 5.41) is 9.85. The molecule has 0 aliphatic rings. The Morgan fingerprint density at radius 2 is 1.88 bits per heavy atom. The molecule has 0 N–H and O–H groups in total. The van der Waals surface area contributed by atoms with E-state index in [1.54, 1.807) is 18.3 Å². The fourth-order valence-electron chi connectivity index (χ4n) is 1.51. The van der Waals surface area contributed by atoms with Gasteiger partial charge < -0.3 is 0 Å². The first kappa shape index (κ1) is 10.7. The molecular formula is C13H9ClN2. The topological polar surface area (TPSA) is 36.7 Å². The summed E-state index contributed by atoms with van der Waals surface area (Å²) < 4.78 is 0. The summed E-state index contributed by atoms with van der Waals surface area (Å²) >= 11 is 5.81. The third kappa shape index (κ3) is 2.21. The van der Waals surface area contributed by atoms with Gasteiger partial charge in [0, 0.05) is 11.2 Å². The van der Waals surface area contributed by atoms with E-state index < -0.39 is 0 Å². The summed E-state index contributed by atoms with van der Waals surface area (Å²) in [6, 6.07) is 15.1. The Hall–Kier alpha value is -1.85. The van der Waals surface area contributed by atoms with Gasteiger partial charge in [-0.3, -0.25) is 4.98 Å². The first-order chi connectivity index (χ1) is 7.81. The summed E-state index contributed by atoms with van der Waals surface area (Å²) in [5.74, 6) is -0.335. The molecule has 0 aliphatic carbocycles. The zero-order valence-corrected chi connectivity index (χ0v) is 9.22. The van der Waals surface area contributed by atoms with Crippen LogP contribution in [0.2, 0.25) is 5.02 Å². The van der Waals surface area contributed by atoms with Gasteiger partial charge in [0.25, 0.3) is 0 Å². The van der Waals surface area contributed by atoms with Crippen LogP contribution in [0.4, 0.5) is 0 Å². The average molecular weight is 229 g/mol. The lowest BCUT2D eigenvalue weighted by Gasteiger charge is -2.08.